The van der Waals surface area contributed by atoms with E-state index in [0.29, 0.717) is 13.0 Å². The van der Waals surface area contributed by atoms with Gasteiger partial charge in [0.15, 0.2) is 0 Å². The molecule has 2 rings (SSSR count). The zero-order chi connectivity index (χ0) is 13.5. The van der Waals surface area contributed by atoms with Gasteiger partial charge in [-0.1, -0.05) is 0 Å². The maximum atomic E-state index is 12.1. The van der Waals surface area contributed by atoms with Crippen molar-refractivity contribution in [1.29, 1.82) is 0 Å². The summed E-state index contributed by atoms with van der Waals surface area (Å²) in [5.41, 5.74) is 0.131. The quantitative estimate of drug-likeness (QED) is 0.739. The largest absolute Gasteiger partial charge is 0.340 e. The highest BCUT2D eigenvalue weighted by molar-refractivity contribution is 6.06. The second-order valence-corrected chi connectivity index (χ2v) is 5.14. The highest BCUT2D eigenvalue weighted by atomic mass is 16.2. The molecule has 6 heteroatoms. The monoisotopic (exact) mass is 250 g/mol. The molecule has 1 saturated heterocycles. The molecule has 0 aliphatic carbocycles. The maximum absolute atomic E-state index is 12.1. The van der Waals surface area contributed by atoms with Crippen molar-refractivity contribution in [3.05, 3.63) is 18.2 Å². The number of aromatic nitrogens is 2. The second-order valence-electron chi connectivity index (χ2n) is 5.14. The van der Waals surface area contributed by atoms with Gasteiger partial charge in [0.25, 0.3) is 5.91 Å². The number of amides is 3. The Balaban J connectivity index is 2.06. The number of imide groups is 1. The van der Waals surface area contributed by atoms with Crippen LogP contribution in [-0.2, 0) is 18.3 Å². The van der Waals surface area contributed by atoms with Gasteiger partial charge in [-0.05, 0) is 13.8 Å². The first-order chi connectivity index (χ1) is 8.34. The predicted molar refractivity (Wildman–Crippen MR) is 65.9 cm³/mol. The molecule has 98 valence electrons. The summed E-state index contributed by atoms with van der Waals surface area (Å²) >= 11 is 0. The van der Waals surface area contributed by atoms with Crippen LogP contribution >= 0.6 is 0 Å². The van der Waals surface area contributed by atoms with Crippen LogP contribution in [0.1, 0.15) is 19.5 Å². The average Bonchev–Trinajstić information content (AvgIpc) is 2.78. The molecule has 1 aromatic rings. The van der Waals surface area contributed by atoms with Gasteiger partial charge < -0.3 is 9.47 Å². The molecule has 0 atom stereocenters. The number of carbonyl (C=O) groups excluding carboxylic acids is 2. The van der Waals surface area contributed by atoms with Gasteiger partial charge in [0.05, 0.1) is 12.0 Å². The smallest absolute Gasteiger partial charge is 0.327 e. The van der Waals surface area contributed by atoms with E-state index in [-0.39, 0.29) is 11.9 Å². The molecule has 1 aliphatic rings. The molecule has 0 aromatic carbocycles. The number of rotatable bonds is 3. The average molecular weight is 250 g/mol. The minimum absolute atomic E-state index is 0.147. The molecule has 1 aromatic heterocycles. The fourth-order valence-corrected chi connectivity index (χ4v) is 2.00. The molecular formula is C12H18N4O2. The van der Waals surface area contributed by atoms with Crippen LogP contribution < -0.4 is 0 Å². The summed E-state index contributed by atoms with van der Waals surface area (Å²) in [5.74, 6) is -0.147. The third-order valence-electron chi connectivity index (χ3n) is 3.47. The number of urea groups is 1. The molecule has 0 spiro atoms. The van der Waals surface area contributed by atoms with Crippen LogP contribution in [0.15, 0.2) is 12.5 Å². The third kappa shape index (κ3) is 1.87. The van der Waals surface area contributed by atoms with Crippen LogP contribution in [0.25, 0.3) is 0 Å². The van der Waals surface area contributed by atoms with E-state index in [2.05, 4.69) is 4.98 Å². The van der Waals surface area contributed by atoms with E-state index in [1.54, 1.807) is 27.2 Å². The Bertz CT molecular complexity index is 492. The van der Waals surface area contributed by atoms with Crippen LogP contribution in [0.3, 0.4) is 0 Å². The van der Waals surface area contributed by atoms with E-state index in [1.165, 1.54) is 9.80 Å². The first-order valence-corrected chi connectivity index (χ1v) is 5.90. The Morgan fingerprint density at radius 1 is 1.28 bits per heavy atom. The Morgan fingerprint density at radius 2 is 1.94 bits per heavy atom. The molecular weight excluding hydrogens is 232 g/mol. The van der Waals surface area contributed by atoms with Gasteiger partial charge in [0.1, 0.15) is 5.54 Å². The summed E-state index contributed by atoms with van der Waals surface area (Å²) in [6, 6.07) is -0.235. The third-order valence-corrected chi connectivity index (χ3v) is 3.47. The lowest BCUT2D eigenvalue weighted by Crippen LogP contribution is -2.41. The summed E-state index contributed by atoms with van der Waals surface area (Å²) in [7, 11) is 3.54. The van der Waals surface area contributed by atoms with Crippen molar-refractivity contribution < 1.29 is 9.59 Å². The second kappa shape index (κ2) is 4.12. The number of hydrogen-bond donors (Lipinski definition) is 0. The van der Waals surface area contributed by atoms with Crippen molar-refractivity contribution >= 4 is 11.9 Å². The normalized spacial score (nSPS) is 18.9. The van der Waals surface area contributed by atoms with Crippen molar-refractivity contribution in [2.75, 3.05) is 13.6 Å². The van der Waals surface area contributed by atoms with E-state index in [1.807, 2.05) is 17.8 Å². The van der Waals surface area contributed by atoms with Gasteiger partial charge in [-0.3, -0.25) is 9.69 Å². The summed E-state index contributed by atoms with van der Waals surface area (Å²) in [5, 5.41) is 0. The van der Waals surface area contributed by atoms with Crippen LogP contribution in [-0.4, -0.2) is 50.4 Å². The van der Waals surface area contributed by atoms with Gasteiger partial charge in [-0.2, -0.15) is 0 Å². The molecule has 3 amide bonds. The summed E-state index contributed by atoms with van der Waals surface area (Å²) in [6.07, 6.45) is 4.18. The summed E-state index contributed by atoms with van der Waals surface area (Å²) in [4.78, 5) is 31.0. The number of nitrogens with zero attached hydrogens (tertiary/aromatic N) is 4. The Labute approximate surface area is 106 Å². The van der Waals surface area contributed by atoms with E-state index >= 15 is 0 Å². The van der Waals surface area contributed by atoms with Crippen molar-refractivity contribution in [3.8, 4) is 0 Å². The molecule has 0 unspecified atom stereocenters. The van der Waals surface area contributed by atoms with Crippen molar-refractivity contribution in [2.24, 2.45) is 7.05 Å². The molecule has 6 nitrogen and oxygen atoms in total. The van der Waals surface area contributed by atoms with E-state index in [4.69, 9.17) is 0 Å². The Hall–Kier alpha value is -1.85. The van der Waals surface area contributed by atoms with Crippen molar-refractivity contribution in [3.63, 3.8) is 0 Å². The summed E-state index contributed by atoms with van der Waals surface area (Å²) in [6.45, 7) is 3.89. The van der Waals surface area contributed by atoms with E-state index in [9.17, 15) is 9.59 Å². The lowest BCUT2D eigenvalue weighted by atomic mass is 10.1. The topological polar surface area (TPSA) is 58.4 Å². The fourth-order valence-electron chi connectivity index (χ4n) is 2.00. The Kier molecular flexibility index (Phi) is 2.88. The van der Waals surface area contributed by atoms with E-state index < -0.39 is 5.54 Å². The number of aryl methyl sites for hydroxylation is 1. The van der Waals surface area contributed by atoms with Gasteiger partial charge in [0.2, 0.25) is 0 Å². The highest BCUT2D eigenvalue weighted by Gasteiger charge is 2.48. The summed E-state index contributed by atoms with van der Waals surface area (Å²) < 4.78 is 1.85. The first kappa shape index (κ1) is 12.6. The molecule has 2 heterocycles. The lowest BCUT2D eigenvalue weighted by molar-refractivity contribution is -0.131. The maximum Gasteiger partial charge on any atom is 0.327 e. The zero-order valence-electron chi connectivity index (χ0n) is 11.2. The lowest BCUT2D eigenvalue weighted by Gasteiger charge is -2.22. The van der Waals surface area contributed by atoms with Crippen LogP contribution in [0, 0.1) is 0 Å². The van der Waals surface area contributed by atoms with Crippen LogP contribution in [0.4, 0.5) is 4.79 Å². The minimum atomic E-state index is -0.749. The SMILES string of the molecule is CN1C(=O)N(CCc2cn(C)cn2)C(=O)C1(C)C. The molecule has 0 N–H and O–H groups in total. The first-order valence-electron chi connectivity index (χ1n) is 5.90. The van der Waals surface area contributed by atoms with Gasteiger partial charge in [-0.15, -0.1) is 0 Å². The zero-order valence-corrected chi connectivity index (χ0v) is 11.2. The number of imidazole rings is 1. The number of hydrogen-bond acceptors (Lipinski definition) is 3. The van der Waals surface area contributed by atoms with Crippen molar-refractivity contribution in [1.82, 2.24) is 19.4 Å². The molecule has 1 fully saturated rings. The fraction of sp³-hybridized carbons (Fsp3) is 0.583. The predicted octanol–water partition coefficient (Wildman–Crippen LogP) is 0.635. The van der Waals surface area contributed by atoms with Gasteiger partial charge >= 0.3 is 6.03 Å². The number of carbonyl (C=O) groups is 2. The molecule has 0 bridgehead atoms. The molecule has 1 aliphatic heterocycles. The highest BCUT2D eigenvalue weighted by Crippen LogP contribution is 2.25. The number of likely N-dealkylation sites (N-methyl/N-ethyl adjacent to an activating group) is 1. The van der Waals surface area contributed by atoms with Crippen LogP contribution in [0.2, 0.25) is 0 Å². The molecule has 0 radical (unpaired) electrons. The van der Waals surface area contributed by atoms with Crippen LogP contribution in [0.5, 0.6) is 0 Å². The molecule has 0 saturated carbocycles. The standard InChI is InChI=1S/C12H18N4O2/c1-12(2)10(17)16(11(18)15(12)4)6-5-9-7-14(3)8-13-9/h7-8H,5-6H2,1-4H3. The minimum Gasteiger partial charge on any atom is -0.340 e. The Morgan fingerprint density at radius 3 is 2.39 bits per heavy atom. The van der Waals surface area contributed by atoms with Gasteiger partial charge in [0, 0.05) is 33.3 Å². The van der Waals surface area contributed by atoms with Gasteiger partial charge in [-0.25, -0.2) is 9.78 Å². The van der Waals surface area contributed by atoms with Crippen molar-refractivity contribution in [2.45, 2.75) is 25.8 Å². The van der Waals surface area contributed by atoms with E-state index in [0.717, 1.165) is 5.69 Å². The molecule has 18 heavy (non-hydrogen) atoms.